The minimum absolute atomic E-state index is 0.0525. The molecule has 8 heteroatoms. The molecule has 0 aliphatic rings. The number of aliphatic hydroxyl groups excluding tert-OH is 4. The van der Waals surface area contributed by atoms with Crippen LogP contribution in [-0.4, -0.2) is 70.5 Å². The molecule has 116 valence electrons. The molecule has 0 saturated carbocycles. The summed E-state index contributed by atoms with van der Waals surface area (Å²) < 4.78 is 9.42. The molecule has 0 bridgehead atoms. The Morgan fingerprint density at radius 2 is 1.70 bits per heavy atom. The zero-order chi connectivity index (χ0) is 15.7. The molecule has 0 radical (unpaired) electrons. The van der Waals surface area contributed by atoms with E-state index in [0.29, 0.717) is 0 Å². The summed E-state index contributed by atoms with van der Waals surface area (Å²) in [4.78, 5) is 23.0. The van der Waals surface area contributed by atoms with Crippen molar-refractivity contribution in [3.63, 3.8) is 0 Å². The summed E-state index contributed by atoms with van der Waals surface area (Å²) in [6.45, 7) is 3.03. The zero-order valence-corrected chi connectivity index (χ0v) is 11.2. The molecule has 0 aliphatic heterocycles. The third-order valence-corrected chi connectivity index (χ3v) is 2.19. The topological polar surface area (TPSA) is 134 Å². The molecule has 4 N–H and O–H groups in total. The Hall–Kier alpha value is -1.48. The molecule has 0 rings (SSSR count). The van der Waals surface area contributed by atoms with Gasteiger partial charge >= 0.3 is 11.9 Å². The zero-order valence-electron chi connectivity index (χ0n) is 11.2. The molecule has 0 aromatic rings. The van der Waals surface area contributed by atoms with E-state index in [1.54, 1.807) is 0 Å². The molecular formula is C12H20O8. The minimum Gasteiger partial charge on any atom is -0.460 e. The van der Waals surface area contributed by atoms with Crippen molar-refractivity contribution in [2.75, 3.05) is 19.8 Å². The van der Waals surface area contributed by atoms with Crippen LogP contribution in [0.15, 0.2) is 12.2 Å². The lowest BCUT2D eigenvalue weighted by atomic mass is 10.1. The van der Waals surface area contributed by atoms with E-state index in [1.807, 2.05) is 0 Å². The Morgan fingerprint density at radius 3 is 2.15 bits per heavy atom. The van der Waals surface area contributed by atoms with Gasteiger partial charge in [-0.3, -0.25) is 0 Å². The van der Waals surface area contributed by atoms with E-state index in [4.69, 9.17) is 20.1 Å². The van der Waals surface area contributed by atoms with Crippen molar-refractivity contribution < 1.29 is 39.5 Å². The molecule has 0 fully saturated rings. The summed E-state index contributed by atoms with van der Waals surface area (Å²) in [5.74, 6) is -1.85. The van der Waals surface area contributed by atoms with E-state index < -0.39 is 50.1 Å². The van der Waals surface area contributed by atoms with Crippen LogP contribution in [0, 0.1) is 0 Å². The van der Waals surface area contributed by atoms with E-state index in [9.17, 15) is 14.7 Å². The van der Waals surface area contributed by atoms with Gasteiger partial charge in [0.25, 0.3) is 0 Å². The second-order valence-corrected chi connectivity index (χ2v) is 4.21. The van der Waals surface area contributed by atoms with E-state index in [2.05, 4.69) is 11.3 Å². The number of hydrogen-bond donors (Lipinski definition) is 4. The van der Waals surface area contributed by atoms with E-state index >= 15 is 0 Å². The van der Waals surface area contributed by atoms with E-state index in [-0.39, 0.29) is 12.0 Å². The standard InChI is InChI=1S/C12H20O8/c1-7(2)11(17)20-10(3-8(15)4-13)12(18)19-6-9(16)5-14/h8-10,13-16H,1,3-6H2,2H3. The lowest BCUT2D eigenvalue weighted by molar-refractivity contribution is -0.170. The molecule has 8 nitrogen and oxygen atoms in total. The smallest absolute Gasteiger partial charge is 0.347 e. The molecule has 0 heterocycles. The van der Waals surface area contributed by atoms with E-state index in [1.165, 1.54) is 6.92 Å². The van der Waals surface area contributed by atoms with Gasteiger partial charge in [0, 0.05) is 12.0 Å². The van der Waals surface area contributed by atoms with Crippen LogP contribution >= 0.6 is 0 Å². The first-order valence-corrected chi connectivity index (χ1v) is 5.92. The molecule has 0 aromatic heterocycles. The summed E-state index contributed by atoms with van der Waals surface area (Å²) in [7, 11) is 0. The normalized spacial score (nSPS) is 15.1. The predicted octanol–water partition coefficient (Wildman–Crippen LogP) is -1.89. The molecular weight excluding hydrogens is 272 g/mol. The first-order valence-electron chi connectivity index (χ1n) is 5.92. The Labute approximate surface area is 116 Å². The number of rotatable bonds is 9. The second-order valence-electron chi connectivity index (χ2n) is 4.21. The van der Waals surface area contributed by atoms with Crippen molar-refractivity contribution in [1.82, 2.24) is 0 Å². The van der Waals surface area contributed by atoms with Gasteiger partial charge < -0.3 is 29.9 Å². The highest BCUT2D eigenvalue weighted by molar-refractivity contribution is 5.89. The van der Waals surface area contributed by atoms with Gasteiger partial charge in [-0.2, -0.15) is 0 Å². The van der Waals surface area contributed by atoms with Crippen LogP contribution in [0.1, 0.15) is 13.3 Å². The fraction of sp³-hybridized carbons (Fsp3) is 0.667. The number of hydrogen-bond acceptors (Lipinski definition) is 8. The minimum atomic E-state index is -1.44. The van der Waals surface area contributed by atoms with Crippen molar-refractivity contribution >= 4 is 11.9 Å². The first-order chi connectivity index (χ1) is 9.31. The van der Waals surface area contributed by atoms with Crippen molar-refractivity contribution in [2.45, 2.75) is 31.7 Å². The van der Waals surface area contributed by atoms with Crippen LogP contribution in [0.5, 0.6) is 0 Å². The molecule has 0 saturated heterocycles. The third kappa shape index (κ3) is 7.19. The molecule has 0 aliphatic carbocycles. The van der Waals surface area contributed by atoms with Gasteiger partial charge in [0.2, 0.25) is 6.10 Å². The maximum absolute atomic E-state index is 11.7. The summed E-state index contributed by atoms with van der Waals surface area (Å²) >= 11 is 0. The monoisotopic (exact) mass is 292 g/mol. The van der Waals surface area contributed by atoms with Gasteiger partial charge in [0.05, 0.1) is 19.3 Å². The number of carbonyl (C=O) groups is 2. The van der Waals surface area contributed by atoms with Gasteiger partial charge in [0.15, 0.2) is 0 Å². The largest absolute Gasteiger partial charge is 0.460 e. The van der Waals surface area contributed by atoms with Crippen molar-refractivity contribution in [2.24, 2.45) is 0 Å². The van der Waals surface area contributed by atoms with Crippen molar-refractivity contribution in [1.29, 1.82) is 0 Å². The van der Waals surface area contributed by atoms with Crippen LogP contribution in [0.25, 0.3) is 0 Å². The summed E-state index contributed by atoms with van der Waals surface area (Å²) in [5, 5.41) is 35.6. The number of carbonyl (C=O) groups excluding carboxylic acids is 2. The van der Waals surface area contributed by atoms with Crippen molar-refractivity contribution in [3.8, 4) is 0 Å². The summed E-state index contributed by atoms with van der Waals surface area (Å²) in [6.07, 6.45) is -4.32. The van der Waals surface area contributed by atoms with Gasteiger partial charge in [-0.15, -0.1) is 0 Å². The maximum Gasteiger partial charge on any atom is 0.347 e. The summed E-state index contributed by atoms with van der Waals surface area (Å²) in [5.41, 5.74) is 0.0525. The lowest BCUT2D eigenvalue weighted by Gasteiger charge is -2.19. The van der Waals surface area contributed by atoms with Crippen molar-refractivity contribution in [3.05, 3.63) is 12.2 Å². The lowest BCUT2D eigenvalue weighted by Crippen LogP contribution is -2.35. The number of aliphatic hydroxyl groups is 4. The van der Waals surface area contributed by atoms with Crippen LogP contribution < -0.4 is 0 Å². The Kier molecular flexibility index (Phi) is 8.73. The molecule has 0 spiro atoms. The molecule has 0 aromatic carbocycles. The van der Waals surface area contributed by atoms with Gasteiger partial charge in [-0.25, -0.2) is 9.59 Å². The number of esters is 2. The highest BCUT2D eigenvalue weighted by atomic mass is 16.6. The van der Waals surface area contributed by atoms with Gasteiger partial charge in [-0.05, 0) is 6.92 Å². The average Bonchev–Trinajstić information content (AvgIpc) is 2.42. The molecule has 3 unspecified atom stereocenters. The van der Waals surface area contributed by atoms with Gasteiger partial charge in [-0.1, -0.05) is 6.58 Å². The predicted molar refractivity (Wildman–Crippen MR) is 66.5 cm³/mol. The third-order valence-electron chi connectivity index (χ3n) is 2.19. The summed E-state index contributed by atoms with van der Waals surface area (Å²) in [6, 6.07) is 0. The Morgan fingerprint density at radius 1 is 1.15 bits per heavy atom. The second kappa shape index (κ2) is 9.43. The molecule has 20 heavy (non-hydrogen) atoms. The Bertz CT molecular complexity index is 340. The quantitative estimate of drug-likeness (QED) is 0.286. The first kappa shape index (κ1) is 18.5. The fourth-order valence-corrected chi connectivity index (χ4v) is 1.07. The highest BCUT2D eigenvalue weighted by Gasteiger charge is 2.28. The highest BCUT2D eigenvalue weighted by Crippen LogP contribution is 2.09. The van der Waals surface area contributed by atoms with Crippen LogP contribution in [0.3, 0.4) is 0 Å². The maximum atomic E-state index is 11.7. The fourth-order valence-electron chi connectivity index (χ4n) is 1.07. The van der Waals surface area contributed by atoms with Crippen LogP contribution in [0.2, 0.25) is 0 Å². The Balaban J connectivity index is 4.61. The van der Waals surface area contributed by atoms with E-state index in [0.717, 1.165) is 0 Å². The van der Waals surface area contributed by atoms with Crippen LogP contribution in [0.4, 0.5) is 0 Å². The molecule has 0 amide bonds. The molecule has 3 atom stereocenters. The SMILES string of the molecule is C=C(C)C(=O)OC(CC(O)CO)C(=O)OCC(O)CO. The van der Waals surface area contributed by atoms with Crippen LogP contribution in [-0.2, 0) is 19.1 Å². The van der Waals surface area contributed by atoms with Gasteiger partial charge in [0.1, 0.15) is 12.7 Å². The average molecular weight is 292 g/mol. The number of ether oxygens (including phenoxy) is 2.